The van der Waals surface area contributed by atoms with E-state index in [9.17, 15) is 9.18 Å². The number of rotatable bonds is 3. The van der Waals surface area contributed by atoms with Crippen molar-refractivity contribution in [3.8, 4) is 0 Å². The van der Waals surface area contributed by atoms with Gasteiger partial charge in [-0.2, -0.15) is 0 Å². The summed E-state index contributed by atoms with van der Waals surface area (Å²) in [5, 5.41) is 0.533. The van der Waals surface area contributed by atoms with Gasteiger partial charge < -0.3 is 0 Å². The van der Waals surface area contributed by atoms with Crippen LogP contribution in [0.15, 0.2) is 40.9 Å². The Morgan fingerprint density at radius 1 is 1.26 bits per heavy atom. The molecule has 0 aliphatic carbocycles. The predicted octanol–water partition coefficient (Wildman–Crippen LogP) is 4.98. The molecule has 2 aromatic carbocycles. The number of Topliss-reactive ketones (excluding diaryl/α,β-unsaturated/α-hetero) is 1. The van der Waals surface area contributed by atoms with Crippen LogP contribution in [0, 0.1) is 12.7 Å². The first-order valence-corrected chi connectivity index (χ1v) is 6.88. The highest BCUT2D eigenvalue weighted by molar-refractivity contribution is 9.10. The summed E-state index contributed by atoms with van der Waals surface area (Å²) in [5.74, 6) is -0.807. The summed E-state index contributed by atoms with van der Waals surface area (Å²) in [6, 6.07) is 9.88. The third-order valence-electron chi connectivity index (χ3n) is 2.79. The maximum atomic E-state index is 13.7. The Bertz CT molecular complexity index is 640. The summed E-state index contributed by atoms with van der Waals surface area (Å²) in [4.78, 5) is 12.1. The van der Waals surface area contributed by atoms with Gasteiger partial charge in [-0.05, 0) is 42.3 Å². The lowest BCUT2D eigenvalue weighted by Gasteiger charge is -2.06. The van der Waals surface area contributed by atoms with Gasteiger partial charge in [0.1, 0.15) is 5.82 Å². The molecule has 0 radical (unpaired) electrons. The molecule has 98 valence electrons. The van der Waals surface area contributed by atoms with Crippen LogP contribution in [0.5, 0.6) is 0 Å². The van der Waals surface area contributed by atoms with Crippen molar-refractivity contribution in [1.82, 2.24) is 0 Å². The van der Waals surface area contributed by atoms with Crippen LogP contribution < -0.4 is 0 Å². The van der Waals surface area contributed by atoms with E-state index < -0.39 is 5.82 Å². The third kappa shape index (κ3) is 3.43. The molecular formula is C15H11BrClFO. The van der Waals surface area contributed by atoms with E-state index in [0.717, 1.165) is 5.56 Å². The Labute approximate surface area is 124 Å². The molecule has 0 atom stereocenters. The van der Waals surface area contributed by atoms with Gasteiger partial charge in [0, 0.05) is 15.9 Å². The normalized spacial score (nSPS) is 10.5. The number of halogens is 3. The van der Waals surface area contributed by atoms with Gasteiger partial charge in [-0.25, -0.2) is 4.39 Å². The minimum absolute atomic E-state index is 0.0832. The van der Waals surface area contributed by atoms with Gasteiger partial charge >= 0.3 is 0 Å². The molecule has 0 aliphatic heterocycles. The van der Waals surface area contributed by atoms with Gasteiger partial charge in [0.05, 0.1) is 5.56 Å². The van der Waals surface area contributed by atoms with E-state index >= 15 is 0 Å². The lowest BCUT2D eigenvalue weighted by atomic mass is 10.0. The SMILES string of the molecule is Cc1ccc(CC(=O)c2ccc(Br)cc2F)c(Cl)c1. The molecule has 2 rings (SSSR count). The Balaban J connectivity index is 2.25. The van der Waals surface area contributed by atoms with Crippen LogP contribution in [0.3, 0.4) is 0 Å². The lowest BCUT2D eigenvalue weighted by molar-refractivity contribution is 0.0989. The fourth-order valence-electron chi connectivity index (χ4n) is 1.78. The summed E-state index contributed by atoms with van der Waals surface area (Å²) in [6.07, 6.45) is 0.0949. The highest BCUT2D eigenvalue weighted by atomic mass is 79.9. The van der Waals surface area contributed by atoms with E-state index in [1.54, 1.807) is 18.2 Å². The highest BCUT2D eigenvalue weighted by Crippen LogP contribution is 2.21. The molecule has 0 N–H and O–H groups in total. The van der Waals surface area contributed by atoms with Crippen molar-refractivity contribution in [3.63, 3.8) is 0 Å². The Morgan fingerprint density at radius 2 is 2.00 bits per heavy atom. The Morgan fingerprint density at radius 3 is 2.63 bits per heavy atom. The first kappa shape index (κ1) is 14.2. The molecule has 4 heteroatoms. The van der Waals surface area contributed by atoms with Crippen LogP contribution in [-0.4, -0.2) is 5.78 Å². The quantitative estimate of drug-likeness (QED) is 0.720. The van der Waals surface area contributed by atoms with Gasteiger partial charge in [0.15, 0.2) is 5.78 Å². The highest BCUT2D eigenvalue weighted by Gasteiger charge is 2.14. The van der Waals surface area contributed by atoms with Gasteiger partial charge in [0.2, 0.25) is 0 Å². The Kier molecular flexibility index (Phi) is 4.38. The molecule has 0 saturated heterocycles. The minimum atomic E-state index is -0.525. The molecule has 2 aromatic rings. The van der Waals surface area contributed by atoms with Crippen molar-refractivity contribution < 1.29 is 9.18 Å². The van der Waals surface area contributed by atoms with Crippen molar-refractivity contribution >= 4 is 33.3 Å². The van der Waals surface area contributed by atoms with Crippen molar-refractivity contribution in [2.75, 3.05) is 0 Å². The van der Waals surface area contributed by atoms with E-state index in [1.807, 2.05) is 13.0 Å². The van der Waals surface area contributed by atoms with Crippen molar-refractivity contribution in [2.24, 2.45) is 0 Å². The summed E-state index contributed by atoms with van der Waals surface area (Å²) >= 11 is 9.23. The second kappa shape index (κ2) is 5.85. The van der Waals surface area contributed by atoms with E-state index in [-0.39, 0.29) is 17.8 Å². The molecular weight excluding hydrogens is 331 g/mol. The first-order chi connectivity index (χ1) is 8.97. The van der Waals surface area contributed by atoms with Gasteiger partial charge in [-0.15, -0.1) is 0 Å². The smallest absolute Gasteiger partial charge is 0.170 e. The second-order valence-electron chi connectivity index (χ2n) is 4.32. The summed E-state index contributed by atoms with van der Waals surface area (Å²) in [5.41, 5.74) is 1.82. The average Bonchev–Trinajstić information content (AvgIpc) is 2.32. The molecule has 0 fully saturated rings. The zero-order valence-corrected chi connectivity index (χ0v) is 12.6. The maximum absolute atomic E-state index is 13.7. The van der Waals surface area contributed by atoms with E-state index in [1.165, 1.54) is 12.1 Å². The van der Waals surface area contributed by atoms with E-state index in [2.05, 4.69) is 15.9 Å². The fourth-order valence-corrected chi connectivity index (χ4v) is 2.41. The lowest BCUT2D eigenvalue weighted by Crippen LogP contribution is -2.06. The second-order valence-corrected chi connectivity index (χ2v) is 5.64. The first-order valence-electron chi connectivity index (χ1n) is 5.70. The van der Waals surface area contributed by atoms with E-state index in [0.29, 0.717) is 15.1 Å². The van der Waals surface area contributed by atoms with Crippen LogP contribution in [0.4, 0.5) is 4.39 Å². The minimum Gasteiger partial charge on any atom is -0.294 e. The molecule has 0 unspecified atom stereocenters. The average molecular weight is 342 g/mol. The molecule has 19 heavy (non-hydrogen) atoms. The number of ketones is 1. The summed E-state index contributed by atoms with van der Waals surface area (Å²) in [6.45, 7) is 1.92. The monoisotopic (exact) mass is 340 g/mol. The van der Waals surface area contributed by atoms with Crippen LogP contribution in [0.2, 0.25) is 5.02 Å². The van der Waals surface area contributed by atoms with Crippen molar-refractivity contribution in [1.29, 1.82) is 0 Å². The molecule has 0 aliphatic rings. The molecule has 0 heterocycles. The maximum Gasteiger partial charge on any atom is 0.170 e. The summed E-state index contributed by atoms with van der Waals surface area (Å²) < 4.78 is 14.3. The van der Waals surface area contributed by atoms with Gasteiger partial charge in [0.25, 0.3) is 0 Å². The predicted molar refractivity (Wildman–Crippen MR) is 78.3 cm³/mol. The molecule has 1 nitrogen and oxygen atoms in total. The molecule has 0 saturated carbocycles. The van der Waals surface area contributed by atoms with Gasteiger partial charge in [-0.1, -0.05) is 39.7 Å². The number of benzene rings is 2. The largest absolute Gasteiger partial charge is 0.294 e. The topological polar surface area (TPSA) is 17.1 Å². The van der Waals surface area contributed by atoms with Crippen LogP contribution in [0.25, 0.3) is 0 Å². The number of hydrogen-bond donors (Lipinski definition) is 0. The molecule has 0 bridgehead atoms. The van der Waals surface area contributed by atoms with Crippen molar-refractivity contribution in [2.45, 2.75) is 13.3 Å². The molecule has 0 aromatic heterocycles. The zero-order valence-electron chi connectivity index (χ0n) is 10.2. The third-order valence-corrected chi connectivity index (χ3v) is 3.64. The number of hydrogen-bond acceptors (Lipinski definition) is 1. The zero-order chi connectivity index (χ0) is 14.0. The van der Waals surface area contributed by atoms with E-state index in [4.69, 9.17) is 11.6 Å². The standard InChI is InChI=1S/C15H11BrClFO/c1-9-2-3-10(13(17)6-9)7-15(19)12-5-4-11(16)8-14(12)18/h2-6,8H,7H2,1H3. The molecule has 0 spiro atoms. The number of aryl methyl sites for hydroxylation is 1. The van der Waals surface area contributed by atoms with Gasteiger partial charge in [-0.3, -0.25) is 4.79 Å². The fraction of sp³-hybridized carbons (Fsp3) is 0.133. The Hall–Kier alpha value is -1.19. The number of carbonyl (C=O) groups is 1. The van der Waals surface area contributed by atoms with Crippen LogP contribution in [0.1, 0.15) is 21.5 Å². The van der Waals surface area contributed by atoms with Crippen molar-refractivity contribution in [3.05, 3.63) is 68.4 Å². The molecule has 0 amide bonds. The summed E-state index contributed by atoms with van der Waals surface area (Å²) in [7, 11) is 0. The number of carbonyl (C=O) groups excluding carboxylic acids is 1. The van der Waals surface area contributed by atoms with Crippen LogP contribution in [-0.2, 0) is 6.42 Å². The van der Waals surface area contributed by atoms with Crippen LogP contribution >= 0.6 is 27.5 Å².